The maximum atomic E-state index is 13.7. The highest BCUT2D eigenvalue weighted by molar-refractivity contribution is 7.11. The van der Waals surface area contributed by atoms with Crippen molar-refractivity contribution in [2.45, 2.75) is 20.3 Å². The molecule has 7 nitrogen and oxygen atoms in total. The normalized spacial score (nSPS) is 11.7. The lowest BCUT2D eigenvalue weighted by Crippen LogP contribution is -1.97. The fraction of sp³-hybridized carbons (Fsp3) is 0.111. The number of thiophene rings is 1. The Morgan fingerprint density at radius 3 is 2.81 bits per heavy atom. The molecule has 36 heavy (non-hydrogen) atoms. The Morgan fingerprint density at radius 1 is 1.19 bits per heavy atom. The molecule has 5 heterocycles. The molecule has 0 saturated heterocycles. The molecule has 5 aromatic heterocycles. The average molecular weight is 498 g/mol. The molecule has 0 aliphatic carbocycles. The van der Waals surface area contributed by atoms with Gasteiger partial charge in [0.2, 0.25) is 0 Å². The van der Waals surface area contributed by atoms with Gasteiger partial charge in [-0.05, 0) is 43.7 Å². The third-order valence-corrected chi connectivity index (χ3v) is 6.58. The molecule has 0 amide bonds. The molecule has 5 rings (SSSR count). The van der Waals surface area contributed by atoms with Gasteiger partial charge in [0.25, 0.3) is 0 Å². The number of H-pyrrole nitrogens is 2. The van der Waals surface area contributed by atoms with E-state index >= 15 is 0 Å². The van der Waals surface area contributed by atoms with Crippen LogP contribution < -0.4 is 5.32 Å². The number of nitrogens with zero attached hydrogens (tertiary/aromatic N) is 4. The molecule has 0 aromatic carbocycles. The summed E-state index contributed by atoms with van der Waals surface area (Å²) in [5, 5.41) is 10.5. The Labute approximate surface area is 211 Å². The van der Waals surface area contributed by atoms with Gasteiger partial charge in [0.05, 0.1) is 28.8 Å². The molecule has 0 fully saturated rings. The summed E-state index contributed by atoms with van der Waals surface area (Å²) in [7, 11) is 0. The lowest BCUT2D eigenvalue weighted by Gasteiger charge is -2.08. The Bertz CT molecular complexity index is 1620. The Hall–Kier alpha value is -4.37. The van der Waals surface area contributed by atoms with Gasteiger partial charge in [-0.2, -0.15) is 9.49 Å². The van der Waals surface area contributed by atoms with E-state index in [1.807, 2.05) is 38.1 Å². The molecule has 0 saturated carbocycles. The lowest BCUT2D eigenvalue weighted by atomic mass is 10.1. The number of hydrogen-bond acceptors (Lipinski definition) is 6. The van der Waals surface area contributed by atoms with Gasteiger partial charge >= 0.3 is 0 Å². The number of aromatic amines is 2. The van der Waals surface area contributed by atoms with Crippen LogP contribution >= 0.6 is 11.3 Å². The van der Waals surface area contributed by atoms with Crippen LogP contribution in [0.15, 0.2) is 73.7 Å². The second-order valence-electron chi connectivity index (χ2n) is 8.19. The Balaban J connectivity index is 1.55. The number of nitrogens with one attached hydrogen (secondary N) is 3. The van der Waals surface area contributed by atoms with Crippen LogP contribution in [0.2, 0.25) is 0 Å². The van der Waals surface area contributed by atoms with Crippen molar-refractivity contribution in [3.63, 3.8) is 0 Å². The topological polar surface area (TPSA) is 95.2 Å². The average Bonchev–Trinajstić information content (AvgIpc) is 3.60. The van der Waals surface area contributed by atoms with Crippen LogP contribution in [0.4, 0.5) is 10.1 Å². The number of rotatable bonds is 8. The van der Waals surface area contributed by atoms with Crippen LogP contribution in [0.25, 0.3) is 39.4 Å². The fourth-order valence-corrected chi connectivity index (χ4v) is 4.61. The van der Waals surface area contributed by atoms with Gasteiger partial charge in [0, 0.05) is 33.6 Å². The SMILES string of the molecule is C=C/C=C(/c1ccc(F)s1)c1nc(-c2n[nH]c3ccc(-c4cncc(NC(=C)CC)c4)nc23)[nH]c1C. The van der Waals surface area contributed by atoms with E-state index < -0.39 is 0 Å². The van der Waals surface area contributed by atoms with Crippen molar-refractivity contribution >= 4 is 33.6 Å². The van der Waals surface area contributed by atoms with Crippen LogP contribution in [0.3, 0.4) is 0 Å². The van der Waals surface area contributed by atoms with Crippen molar-refractivity contribution < 1.29 is 4.39 Å². The highest BCUT2D eigenvalue weighted by Crippen LogP contribution is 2.33. The maximum Gasteiger partial charge on any atom is 0.176 e. The molecule has 180 valence electrons. The van der Waals surface area contributed by atoms with Gasteiger partial charge in [0.15, 0.2) is 16.6 Å². The first-order valence-corrected chi connectivity index (χ1v) is 12.2. The van der Waals surface area contributed by atoms with Crippen LogP contribution in [0.1, 0.15) is 29.6 Å². The smallest absolute Gasteiger partial charge is 0.176 e. The number of imidazole rings is 1. The first kappa shape index (κ1) is 23.4. The second kappa shape index (κ2) is 9.71. The number of pyridine rings is 2. The fourth-order valence-electron chi connectivity index (χ4n) is 3.86. The summed E-state index contributed by atoms with van der Waals surface area (Å²) in [5.74, 6) is 0.568. The van der Waals surface area contributed by atoms with E-state index in [4.69, 9.17) is 9.97 Å². The molecular weight excluding hydrogens is 473 g/mol. The molecule has 9 heteroatoms. The summed E-state index contributed by atoms with van der Waals surface area (Å²) in [6, 6.07) is 9.05. The van der Waals surface area contributed by atoms with E-state index in [0.717, 1.165) is 62.1 Å². The number of halogens is 1. The van der Waals surface area contributed by atoms with E-state index in [2.05, 4.69) is 38.6 Å². The summed E-state index contributed by atoms with van der Waals surface area (Å²) < 4.78 is 13.7. The predicted octanol–water partition coefficient (Wildman–Crippen LogP) is 6.87. The largest absolute Gasteiger partial charge is 0.358 e. The Kier molecular flexibility index (Phi) is 6.30. The number of allylic oxidation sites excluding steroid dienone is 3. The monoisotopic (exact) mass is 497 g/mol. The zero-order valence-electron chi connectivity index (χ0n) is 19.9. The van der Waals surface area contributed by atoms with E-state index in [1.165, 1.54) is 6.07 Å². The zero-order valence-corrected chi connectivity index (χ0v) is 20.7. The van der Waals surface area contributed by atoms with Gasteiger partial charge < -0.3 is 10.3 Å². The van der Waals surface area contributed by atoms with Gasteiger partial charge in [-0.15, -0.1) is 11.3 Å². The van der Waals surface area contributed by atoms with Gasteiger partial charge in [-0.3, -0.25) is 10.1 Å². The minimum absolute atomic E-state index is 0.254. The van der Waals surface area contributed by atoms with Gasteiger partial charge in [0.1, 0.15) is 5.52 Å². The third-order valence-electron chi connectivity index (χ3n) is 5.68. The third kappa shape index (κ3) is 4.48. The first-order chi connectivity index (χ1) is 17.5. The van der Waals surface area contributed by atoms with Crippen molar-refractivity contribution in [3.05, 3.63) is 95.1 Å². The zero-order chi connectivity index (χ0) is 25.2. The molecule has 0 unspecified atom stereocenters. The standard InChI is InChI=1S/C27H24FN7S/c1-5-7-19(22-10-11-23(28)36-22)24-16(4)31-27(33-24)26-25-21(34-35-26)9-8-20(32-25)17-12-18(14-29-13-17)30-15(3)6-2/h5,7-14,30H,1,3,6H2,2,4H3,(H,31,33)(H,34,35)/b19-7-. The predicted molar refractivity (Wildman–Crippen MR) is 144 cm³/mol. The first-order valence-electron chi connectivity index (χ1n) is 11.4. The van der Waals surface area contributed by atoms with E-state index in [-0.39, 0.29) is 5.13 Å². The minimum atomic E-state index is -0.254. The summed E-state index contributed by atoms with van der Waals surface area (Å²) in [4.78, 5) is 18.2. The number of fused-ring (bicyclic) bond motifs is 1. The summed E-state index contributed by atoms with van der Waals surface area (Å²) in [6.07, 6.45) is 7.86. The number of anilines is 1. The Morgan fingerprint density at radius 2 is 2.06 bits per heavy atom. The maximum absolute atomic E-state index is 13.7. The summed E-state index contributed by atoms with van der Waals surface area (Å²) in [5.41, 5.74) is 7.78. The number of aromatic nitrogens is 6. The van der Waals surface area contributed by atoms with E-state index in [1.54, 1.807) is 24.5 Å². The molecule has 3 N–H and O–H groups in total. The van der Waals surface area contributed by atoms with Crippen LogP contribution in [-0.2, 0) is 0 Å². The summed E-state index contributed by atoms with van der Waals surface area (Å²) in [6.45, 7) is 11.8. The highest BCUT2D eigenvalue weighted by atomic mass is 32.1. The van der Waals surface area contributed by atoms with E-state index in [9.17, 15) is 4.39 Å². The molecule has 0 bridgehead atoms. The minimum Gasteiger partial charge on any atom is -0.358 e. The molecule has 0 radical (unpaired) electrons. The molecule has 0 aliphatic heterocycles. The molecule has 0 spiro atoms. The van der Waals surface area contributed by atoms with E-state index in [0.29, 0.717) is 22.7 Å². The lowest BCUT2D eigenvalue weighted by molar-refractivity contribution is 0.657. The molecule has 5 aromatic rings. The van der Waals surface area contributed by atoms with Crippen molar-refractivity contribution in [2.75, 3.05) is 5.32 Å². The van der Waals surface area contributed by atoms with Crippen molar-refractivity contribution in [1.82, 2.24) is 30.1 Å². The van der Waals surface area contributed by atoms with Crippen molar-refractivity contribution in [1.29, 1.82) is 0 Å². The van der Waals surface area contributed by atoms with Crippen LogP contribution in [-0.4, -0.2) is 30.1 Å². The van der Waals surface area contributed by atoms with Gasteiger partial charge in [-0.25, -0.2) is 9.97 Å². The second-order valence-corrected chi connectivity index (χ2v) is 9.22. The summed E-state index contributed by atoms with van der Waals surface area (Å²) >= 11 is 1.07. The number of aryl methyl sites for hydroxylation is 1. The molecule has 0 aliphatic rings. The molecular formula is C27H24FN7S. The number of hydrogen-bond donors (Lipinski definition) is 3. The molecule has 0 atom stereocenters. The van der Waals surface area contributed by atoms with Crippen molar-refractivity contribution in [2.24, 2.45) is 0 Å². The van der Waals surface area contributed by atoms with Crippen molar-refractivity contribution in [3.8, 4) is 22.8 Å². The quantitative estimate of drug-likeness (QED) is 0.203. The van der Waals surface area contributed by atoms with Crippen LogP contribution in [0, 0.1) is 12.1 Å². The van der Waals surface area contributed by atoms with Crippen LogP contribution in [0.5, 0.6) is 0 Å². The highest BCUT2D eigenvalue weighted by Gasteiger charge is 2.19. The van der Waals surface area contributed by atoms with Gasteiger partial charge in [-0.1, -0.05) is 32.2 Å².